The van der Waals surface area contributed by atoms with Gasteiger partial charge >= 0.3 is 0 Å². The Kier molecular flexibility index (Phi) is 5.54. The number of allylic oxidation sites excluding steroid dienone is 2. The second-order valence-corrected chi connectivity index (χ2v) is 6.74. The summed E-state index contributed by atoms with van der Waals surface area (Å²) >= 11 is 9.47. The first-order chi connectivity index (χ1) is 12.5. The first-order valence-electron chi connectivity index (χ1n) is 7.82. The largest absolute Gasteiger partial charge is 0.458 e. The predicted octanol–water partition coefficient (Wildman–Crippen LogP) is 5.96. The van der Waals surface area contributed by atoms with Crippen LogP contribution in [0.4, 0.5) is 11.5 Å². The fourth-order valence-electron chi connectivity index (χ4n) is 2.37. The summed E-state index contributed by atoms with van der Waals surface area (Å²) < 4.78 is 6.41. The molecule has 2 heterocycles. The van der Waals surface area contributed by atoms with Crippen molar-refractivity contribution < 1.29 is 4.74 Å². The fraction of sp³-hybridized carbons (Fsp3) is 0.105. The molecule has 0 radical (unpaired) electrons. The van der Waals surface area contributed by atoms with Crippen molar-refractivity contribution >= 4 is 50.1 Å². The molecular weight excluding hydrogens is 416 g/mol. The molecule has 132 valence electrons. The predicted molar refractivity (Wildman–Crippen MR) is 109 cm³/mol. The number of aromatic nitrogens is 3. The average molecular weight is 432 g/mol. The molecule has 0 aliphatic heterocycles. The number of anilines is 2. The molecule has 0 saturated heterocycles. The zero-order valence-corrected chi connectivity index (χ0v) is 16.6. The highest BCUT2D eigenvalue weighted by molar-refractivity contribution is 9.10. The Morgan fingerprint density at radius 2 is 2.12 bits per heavy atom. The maximum atomic E-state index is 6.11. The van der Waals surface area contributed by atoms with E-state index in [0.29, 0.717) is 32.2 Å². The zero-order chi connectivity index (χ0) is 18.7. The highest BCUT2D eigenvalue weighted by Gasteiger charge is 2.10. The maximum Gasteiger partial charge on any atom is 0.160 e. The minimum Gasteiger partial charge on any atom is -0.458 e. The van der Waals surface area contributed by atoms with E-state index in [0.717, 1.165) is 17.0 Å². The molecule has 3 rings (SSSR count). The number of rotatable bonds is 5. The van der Waals surface area contributed by atoms with Crippen molar-refractivity contribution in [1.29, 1.82) is 0 Å². The van der Waals surface area contributed by atoms with Crippen molar-refractivity contribution in [2.24, 2.45) is 0 Å². The highest BCUT2D eigenvalue weighted by atomic mass is 79.9. The molecule has 0 bridgehead atoms. The highest BCUT2D eigenvalue weighted by Crippen LogP contribution is 2.30. The SMILES string of the molecule is C=C(/C=C\C)Oc1ccc(Nc2ncnc3cc(Br)c(Cl)nc23)cc1C. The van der Waals surface area contributed by atoms with Crippen molar-refractivity contribution in [2.75, 3.05) is 5.32 Å². The first kappa shape index (κ1) is 18.4. The third kappa shape index (κ3) is 4.03. The number of pyridine rings is 1. The summed E-state index contributed by atoms with van der Waals surface area (Å²) in [6.45, 7) is 7.74. The van der Waals surface area contributed by atoms with Crippen LogP contribution in [0, 0.1) is 6.92 Å². The van der Waals surface area contributed by atoms with E-state index in [9.17, 15) is 0 Å². The third-order valence-corrected chi connectivity index (χ3v) is 4.67. The molecule has 3 aromatic rings. The van der Waals surface area contributed by atoms with Crippen LogP contribution in [0.25, 0.3) is 11.0 Å². The summed E-state index contributed by atoms with van der Waals surface area (Å²) in [5.41, 5.74) is 3.11. The molecule has 0 fully saturated rings. The van der Waals surface area contributed by atoms with Crippen LogP contribution < -0.4 is 10.1 Å². The lowest BCUT2D eigenvalue weighted by molar-refractivity contribution is 0.443. The van der Waals surface area contributed by atoms with Gasteiger partial charge in [-0.3, -0.25) is 0 Å². The number of fused-ring (bicyclic) bond motifs is 1. The van der Waals surface area contributed by atoms with Crippen molar-refractivity contribution in [3.63, 3.8) is 0 Å². The van der Waals surface area contributed by atoms with Crippen molar-refractivity contribution in [3.05, 3.63) is 70.3 Å². The maximum absolute atomic E-state index is 6.11. The van der Waals surface area contributed by atoms with E-state index in [1.807, 2.05) is 50.3 Å². The zero-order valence-electron chi connectivity index (χ0n) is 14.3. The topological polar surface area (TPSA) is 59.9 Å². The van der Waals surface area contributed by atoms with E-state index in [-0.39, 0.29) is 0 Å². The monoisotopic (exact) mass is 430 g/mol. The number of hydrogen-bond donors (Lipinski definition) is 1. The normalized spacial score (nSPS) is 11.1. The van der Waals surface area contributed by atoms with Crippen molar-refractivity contribution in [2.45, 2.75) is 13.8 Å². The molecule has 0 spiro atoms. The van der Waals surface area contributed by atoms with Gasteiger partial charge in [-0.2, -0.15) is 0 Å². The number of nitrogens with one attached hydrogen (secondary N) is 1. The molecule has 7 heteroatoms. The van der Waals surface area contributed by atoms with Gasteiger partial charge in [-0.15, -0.1) is 0 Å². The van der Waals surface area contributed by atoms with E-state index in [2.05, 4.69) is 42.8 Å². The molecule has 2 aromatic heterocycles. The van der Waals surface area contributed by atoms with Gasteiger partial charge in [0.2, 0.25) is 0 Å². The van der Waals surface area contributed by atoms with Crippen LogP contribution in [-0.2, 0) is 0 Å². The van der Waals surface area contributed by atoms with Crippen molar-refractivity contribution in [1.82, 2.24) is 15.0 Å². The van der Waals surface area contributed by atoms with Crippen LogP contribution in [0.5, 0.6) is 5.75 Å². The lowest BCUT2D eigenvalue weighted by atomic mass is 10.2. The summed E-state index contributed by atoms with van der Waals surface area (Å²) in [5.74, 6) is 1.91. The number of halogens is 2. The fourth-order valence-corrected chi connectivity index (χ4v) is 2.81. The Balaban J connectivity index is 1.90. The second-order valence-electron chi connectivity index (χ2n) is 5.52. The lowest BCUT2D eigenvalue weighted by Gasteiger charge is -2.12. The third-order valence-electron chi connectivity index (χ3n) is 3.55. The van der Waals surface area contributed by atoms with E-state index < -0.39 is 0 Å². The number of ether oxygens (including phenoxy) is 1. The number of benzene rings is 1. The Bertz CT molecular complexity index is 1020. The standard InChI is InChI=1S/C19H16BrClN4O/c1-4-5-12(3)26-16-7-6-13(8-11(16)2)24-19-17-15(22-10-23-19)9-14(20)18(21)25-17/h4-10H,3H2,1-2H3,(H,22,23,24)/b5-4-. The summed E-state index contributed by atoms with van der Waals surface area (Å²) in [5, 5.41) is 3.62. The van der Waals surface area contributed by atoms with Gasteiger partial charge in [0.1, 0.15) is 28.5 Å². The first-order valence-corrected chi connectivity index (χ1v) is 8.99. The Hall–Kier alpha value is -2.44. The van der Waals surface area contributed by atoms with Gasteiger partial charge in [0.25, 0.3) is 0 Å². The molecule has 1 N–H and O–H groups in total. The Morgan fingerprint density at radius 3 is 2.85 bits per heavy atom. The minimum absolute atomic E-state index is 0.359. The Labute approximate surface area is 164 Å². The quantitative estimate of drug-likeness (QED) is 0.307. The van der Waals surface area contributed by atoms with E-state index in [1.165, 1.54) is 6.33 Å². The van der Waals surface area contributed by atoms with Gasteiger partial charge in [0.05, 0.1) is 9.99 Å². The second kappa shape index (κ2) is 7.85. The molecule has 0 aliphatic carbocycles. The lowest BCUT2D eigenvalue weighted by Crippen LogP contribution is -1.99. The van der Waals surface area contributed by atoms with Gasteiger partial charge in [0, 0.05) is 5.69 Å². The Morgan fingerprint density at radius 1 is 1.31 bits per heavy atom. The number of hydrogen-bond acceptors (Lipinski definition) is 5. The molecule has 0 atom stereocenters. The van der Waals surface area contributed by atoms with Crippen LogP contribution in [0.2, 0.25) is 5.15 Å². The number of nitrogens with zero attached hydrogens (tertiary/aromatic N) is 3. The summed E-state index contributed by atoms with van der Waals surface area (Å²) in [6, 6.07) is 7.56. The van der Waals surface area contributed by atoms with Gasteiger partial charge in [0.15, 0.2) is 5.82 Å². The van der Waals surface area contributed by atoms with E-state index in [4.69, 9.17) is 16.3 Å². The summed E-state index contributed by atoms with van der Waals surface area (Å²) in [7, 11) is 0. The summed E-state index contributed by atoms with van der Waals surface area (Å²) in [4.78, 5) is 12.9. The van der Waals surface area contributed by atoms with E-state index in [1.54, 1.807) is 0 Å². The van der Waals surface area contributed by atoms with E-state index >= 15 is 0 Å². The molecule has 1 aromatic carbocycles. The molecular formula is C19H16BrClN4O. The average Bonchev–Trinajstić information content (AvgIpc) is 2.59. The van der Waals surface area contributed by atoms with Crippen LogP contribution in [-0.4, -0.2) is 15.0 Å². The van der Waals surface area contributed by atoms with Gasteiger partial charge in [-0.1, -0.05) is 24.3 Å². The van der Waals surface area contributed by atoms with Gasteiger partial charge in [-0.25, -0.2) is 15.0 Å². The number of aryl methyl sites for hydroxylation is 1. The van der Waals surface area contributed by atoms with Gasteiger partial charge in [-0.05, 0) is 65.7 Å². The molecule has 26 heavy (non-hydrogen) atoms. The molecule has 0 unspecified atom stereocenters. The van der Waals surface area contributed by atoms with Crippen LogP contribution in [0.3, 0.4) is 0 Å². The molecule has 0 saturated carbocycles. The smallest absolute Gasteiger partial charge is 0.160 e. The summed E-state index contributed by atoms with van der Waals surface area (Å²) in [6.07, 6.45) is 5.18. The van der Waals surface area contributed by atoms with Crippen LogP contribution in [0.15, 0.2) is 59.6 Å². The molecule has 0 aliphatic rings. The minimum atomic E-state index is 0.359. The molecule has 5 nitrogen and oxygen atoms in total. The van der Waals surface area contributed by atoms with Crippen molar-refractivity contribution in [3.8, 4) is 5.75 Å². The van der Waals surface area contributed by atoms with Crippen LogP contribution >= 0.6 is 27.5 Å². The van der Waals surface area contributed by atoms with Gasteiger partial charge < -0.3 is 10.1 Å². The van der Waals surface area contributed by atoms with Crippen LogP contribution in [0.1, 0.15) is 12.5 Å². The molecule has 0 amide bonds.